The molecule has 2 rings (SSSR count). The number of ether oxygens (including phenoxy) is 1. The molecule has 2 aromatic rings. The van der Waals surface area contributed by atoms with E-state index in [2.05, 4.69) is 20.4 Å². The van der Waals surface area contributed by atoms with Gasteiger partial charge in [0.05, 0.1) is 12.1 Å². The molecule has 8 heteroatoms. The van der Waals surface area contributed by atoms with Gasteiger partial charge in [-0.05, 0) is 32.9 Å². The van der Waals surface area contributed by atoms with Gasteiger partial charge in [-0.3, -0.25) is 0 Å². The Bertz CT molecular complexity index is 641. The van der Waals surface area contributed by atoms with Crippen LogP contribution in [0.15, 0.2) is 22.7 Å². The zero-order chi connectivity index (χ0) is 16.1. The summed E-state index contributed by atoms with van der Waals surface area (Å²) in [7, 11) is 0. The van der Waals surface area contributed by atoms with Crippen molar-refractivity contribution in [1.82, 2.24) is 15.1 Å². The fourth-order valence-corrected chi connectivity index (χ4v) is 1.66. The van der Waals surface area contributed by atoms with Crippen LogP contribution in [-0.4, -0.2) is 32.3 Å². The summed E-state index contributed by atoms with van der Waals surface area (Å²) in [5.74, 6) is 0.190. The molecule has 0 saturated heterocycles. The van der Waals surface area contributed by atoms with Crippen molar-refractivity contribution in [2.75, 3.05) is 5.32 Å². The van der Waals surface area contributed by atoms with Crippen molar-refractivity contribution >= 4 is 11.8 Å². The number of carbonyl (C=O) groups is 1. The molecule has 0 radical (unpaired) electrons. The predicted octanol–water partition coefficient (Wildman–Crippen LogP) is 2.26. The minimum atomic E-state index is -1.08. The molecule has 2 aromatic heterocycles. The van der Waals surface area contributed by atoms with Crippen molar-refractivity contribution in [3.8, 4) is 0 Å². The second kappa shape index (κ2) is 6.99. The topological polar surface area (TPSA) is 110 Å². The smallest absolute Gasteiger partial charge is 0.354 e. The van der Waals surface area contributed by atoms with E-state index in [1.54, 1.807) is 12.1 Å². The van der Waals surface area contributed by atoms with E-state index in [1.807, 2.05) is 20.8 Å². The molecule has 0 aliphatic heterocycles. The lowest BCUT2D eigenvalue weighted by atomic mass is 10.3. The fourth-order valence-electron chi connectivity index (χ4n) is 1.66. The third-order valence-corrected chi connectivity index (χ3v) is 2.74. The van der Waals surface area contributed by atoms with Gasteiger partial charge >= 0.3 is 5.97 Å². The first-order valence-corrected chi connectivity index (χ1v) is 6.86. The van der Waals surface area contributed by atoms with Gasteiger partial charge in [-0.1, -0.05) is 11.2 Å². The average Bonchev–Trinajstić information content (AvgIpc) is 2.94. The van der Waals surface area contributed by atoms with Crippen molar-refractivity contribution < 1.29 is 19.2 Å². The molecule has 0 aliphatic carbocycles. The molecule has 0 bridgehead atoms. The zero-order valence-electron chi connectivity index (χ0n) is 12.6. The Morgan fingerprint density at radius 3 is 2.82 bits per heavy atom. The molecule has 0 aliphatic rings. The minimum absolute atomic E-state index is 0.0312. The quantitative estimate of drug-likeness (QED) is 0.801. The second-order valence-corrected chi connectivity index (χ2v) is 4.99. The van der Waals surface area contributed by atoms with Crippen LogP contribution in [0.25, 0.3) is 0 Å². The molecular weight excluding hydrogens is 288 g/mol. The van der Waals surface area contributed by atoms with Gasteiger partial charge in [0.15, 0.2) is 11.5 Å². The van der Waals surface area contributed by atoms with Crippen LogP contribution in [0, 0.1) is 0 Å². The number of nitrogens with zero attached hydrogens (tertiary/aromatic N) is 3. The average molecular weight is 306 g/mol. The largest absolute Gasteiger partial charge is 0.477 e. The summed E-state index contributed by atoms with van der Waals surface area (Å²) in [5.41, 5.74) is -0.0312. The van der Waals surface area contributed by atoms with E-state index in [9.17, 15) is 4.79 Å². The highest BCUT2D eigenvalue weighted by Gasteiger charge is 2.15. The van der Waals surface area contributed by atoms with Gasteiger partial charge in [-0.15, -0.1) is 0 Å². The maximum Gasteiger partial charge on any atom is 0.354 e. The van der Waals surface area contributed by atoms with Gasteiger partial charge in [-0.2, -0.15) is 4.98 Å². The lowest BCUT2D eigenvalue weighted by Gasteiger charge is -2.10. The predicted molar refractivity (Wildman–Crippen MR) is 77.5 cm³/mol. The standard InChI is InChI=1S/C14H18N4O4/c1-8(2)21-7-12-17-13(18-22-12)9(3)15-11-6-4-5-10(16-11)14(19)20/h4-6,8-9H,7H2,1-3H3,(H,15,16)(H,19,20). The number of rotatable bonds is 7. The third-order valence-electron chi connectivity index (χ3n) is 2.74. The number of aromatic nitrogens is 3. The normalized spacial score (nSPS) is 12.4. The highest BCUT2D eigenvalue weighted by molar-refractivity contribution is 5.85. The van der Waals surface area contributed by atoms with Gasteiger partial charge in [0.1, 0.15) is 12.4 Å². The molecule has 1 atom stereocenters. The van der Waals surface area contributed by atoms with E-state index < -0.39 is 5.97 Å². The zero-order valence-corrected chi connectivity index (χ0v) is 12.6. The Balaban J connectivity index is 2.01. The van der Waals surface area contributed by atoms with Crippen molar-refractivity contribution in [2.24, 2.45) is 0 Å². The van der Waals surface area contributed by atoms with E-state index in [-0.39, 0.29) is 24.4 Å². The first kappa shape index (κ1) is 15.9. The number of aromatic carboxylic acids is 1. The molecular formula is C14H18N4O4. The Morgan fingerprint density at radius 2 is 2.14 bits per heavy atom. The Morgan fingerprint density at radius 1 is 1.36 bits per heavy atom. The van der Waals surface area contributed by atoms with Crippen LogP contribution in [0.4, 0.5) is 5.82 Å². The van der Waals surface area contributed by atoms with Crippen LogP contribution in [-0.2, 0) is 11.3 Å². The van der Waals surface area contributed by atoms with Crippen LogP contribution in [0.1, 0.15) is 49.0 Å². The molecule has 2 heterocycles. The minimum Gasteiger partial charge on any atom is -0.477 e. The molecule has 118 valence electrons. The first-order chi connectivity index (χ1) is 10.5. The summed E-state index contributed by atoms with van der Waals surface area (Å²) in [6.07, 6.45) is 0.0776. The Hall–Kier alpha value is -2.48. The molecule has 1 unspecified atom stereocenters. The number of pyridine rings is 1. The van der Waals surface area contributed by atoms with Crippen LogP contribution in [0.5, 0.6) is 0 Å². The molecule has 8 nitrogen and oxygen atoms in total. The van der Waals surface area contributed by atoms with Gasteiger partial charge in [0.25, 0.3) is 5.89 Å². The van der Waals surface area contributed by atoms with Crippen molar-refractivity contribution in [1.29, 1.82) is 0 Å². The second-order valence-electron chi connectivity index (χ2n) is 4.99. The summed E-state index contributed by atoms with van der Waals surface area (Å²) >= 11 is 0. The van der Waals surface area contributed by atoms with Crippen molar-refractivity contribution in [3.05, 3.63) is 35.6 Å². The van der Waals surface area contributed by atoms with Gasteiger partial charge in [-0.25, -0.2) is 9.78 Å². The summed E-state index contributed by atoms with van der Waals surface area (Å²) in [4.78, 5) is 19.1. The number of hydrogen-bond acceptors (Lipinski definition) is 7. The maximum atomic E-state index is 10.9. The molecule has 0 fully saturated rings. The van der Waals surface area contributed by atoms with E-state index in [0.717, 1.165) is 0 Å². The van der Waals surface area contributed by atoms with E-state index in [0.29, 0.717) is 17.5 Å². The lowest BCUT2D eigenvalue weighted by molar-refractivity contribution is 0.0485. The SMILES string of the molecule is CC(C)OCc1nc(C(C)Nc2cccc(C(=O)O)n2)no1. The number of carboxylic acids is 1. The Kier molecular flexibility index (Phi) is 5.05. The summed E-state index contributed by atoms with van der Waals surface area (Å²) < 4.78 is 10.5. The van der Waals surface area contributed by atoms with Gasteiger partial charge < -0.3 is 19.7 Å². The number of carboxylic acid groups (broad SMARTS) is 1. The lowest BCUT2D eigenvalue weighted by Crippen LogP contribution is -2.11. The molecule has 0 saturated carbocycles. The number of nitrogens with one attached hydrogen (secondary N) is 1. The van der Waals surface area contributed by atoms with Crippen molar-refractivity contribution in [2.45, 2.75) is 39.5 Å². The van der Waals surface area contributed by atoms with E-state index in [4.69, 9.17) is 14.4 Å². The molecule has 0 amide bonds. The van der Waals surface area contributed by atoms with Gasteiger partial charge in [0.2, 0.25) is 0 Å². The van der Waals surface area contributed by atoms with Crippen LogP contribution in [0.3, 0.4) is 0 Å². The summed E-state index contributed by atoms with van der Waals surface area (Å²) in [6.45, 7) is 5.92. The fraction of sp³-hybridized carbons (Fsp3) is 0.429. The maximum absolute atomic E-state index is 10.9. The van der Waals surface area contributed by atoms with Crippen LogP contribution < -0.4 is 5.32 Å². The van der Waals surface area contributed by atoms with Crippen molar-refractivity contribution in [3.63, 3.8) is 0 Å². The van der Waals surface area contributed by atoms with Crippen LogP contribution >= 0.6 is 0 Å². The first-order valence-electron chi connectivity index (χ1n) is 6.86. The third kappa shape index (κ3) is 4.26. The number of anilines is 1. The van der Waals surface area contributed by atoms with E-state index in [1.165, 1.54) is 6.07 Å². The number of hydrogen-bond donors (Lipinski definition) is 2. The molecule has 22 heavy (non-hydrogen) atoms. The highest BCUT2D eigenvalue weighted by atomic mass is 16.5. The highest BCUT2D eigenvalue weighted by Crippen LogP contribution is 2.16. The Labute approximate surface area is 127 Å². The summed E-state index contributed by atoms with van der Waals surface area (Å²) in [5, 5.41) is 15.8. The molecule has 2 N–H and O–H groups in total. The molecule has 0 aromatic carbocycles. The summed E-state index contributed by atoms with van der Waals surface area (Å²) in [6, 6.07) is 4.43. The van der Waals surface area contributed by atoms with Crippen LogP contribution in [0.2, 0.25) is 0 Å². The molecule has 0 spiro atoms. The van der Waals surface area contributed by atoms with Gasteiger partial charge in [0, 0.05) is 0 Å². The monoisotopic (exact) mass is 306 g/mol. The van der Waals surface area contributed by atoms with E-state index >= 15 is 0 Å².